The maximum absolute atomic E-state index is 12.1. The van der Waals surface area contributed by atoms with Crippen LogP contribution in [-0.2, 0) is 16.6 Å². The summed E-state index contributed by atoms with van der Waals surface area (Å²) >= 11 is 0. The molecule has 0 aliphatic carbocycles. The van der Waals surface area contributed by atoms with E-state index in [-0.39, 0.29) is 17.4 Å². The van der Waals surface area contributed by atoms with Gasteiger partial charge in [-0.05, 0) is 30.5 Å². The molecule has 5 nitrogen and oxygen atoms in total. The molecule has 6 heteroatoms. The maximum atomic E-state index is 12.1. The minimum atomic E-state index is -3.54. The van der Waals surface area contributed by atoms with E-state index >= 15 is 0 Å². The Balaban J connectivity index is 2.96. The molecule has 0 bridgehead atoms. The van der Waals surface area contributed by atoms with Gasteiger partial charge in [-0.15, -0.1) is 0 Å². The Morgan fingerprint density at radius 3 is 2.60 bits per heavy atom. The smallest absolute Gasteiger partial charge is 0.240 e. The molecule has 0 saturated carbocycles. The van der Waals surface area contributed by atoms with Crippen LogP contribution in [0, 0.1) is 5.92 Å². The highest BCUT2D eigenvalue weighted by molar-refractivity contribution is 7.89. The maximum Gasteiger partial charge on any atom is 0.240 e. The lowest BCUT2D eigenvalue weighted by Gasteiger charge is -2.13. The van der Waals surface area contributed by atoms with Crippen LogP contribution in [0.3, 0.4) is 0 Å². The SMILES string of the molecule is CCCOc1ccc(S(=O)(=O)NCC(C)C)cc1CO. The molecule has 114 valence electrons. The van der Waals surface area contributed by atoms with Crippen molar-refractivity contribution in [2.45, 2.75) is 38.7 Å². The van der Waals surface area contributed by atoms with E-state index in [1.807, 2.05) is 20.8 Å². The Morgan fingerprint density at radius 2 is 2.05 bits per heavy atom. The van der Waals surface area contributed by atoms with E-state index in [1.54, 1.807) is 6.07 Å². The number of hydrogen-bond donors (Lipinski definition) is 2. The van der Waals surface area contributed by atoms with Gasteiger partial charge in [-0.25, -0.2) is 13.1 Å². The van der Waals surface area contributed by atoms with Crippen molar-refractivity contribution in [3.8, 4) is 5.75 Å². The molecule has 0 amide bonds. The van der Waals surface area contributed by atoms with Crippen LogP contribution in [0.5, 0.6) is 5.75 Å². The molecular formula is C14H23NO4S. The highest BCUT2D eigenvalue weighted by Gasteiger charge is 2.16. The van der Waals surface area contributed by atoms with Crippen LogP contribution in [0.2, 0.25) is 0 Å². The van der Waals surface area contributed by atoms with Gasteiger partial charge < -0.3 is 9.84 Å². The van der Waals surface area contributed by atoms with Crippen LogP contribution in [0.4, 0.5) is 0 Å². The van der Waals surface area contributed by atoms with E-state index in [1.165, 1.54) is 12.1 Å². The summed E-state index contributed by atoms with van der Waals surface area (Å²) in [6.45, 7) is 6.50. The van der Waals surface area contributed by atoms with Crippen molar-refractivity contribution in [3.05, 3.63) is 23.8 Å². The first-order chi connectivity index (χ1) is 9.40. The summed E-state index contributed by atoms with van der Waals surface area (Å²) in [5.74, 6) is 0.756. The number of nitrogens with one attached hydrogen (secondary N) is 1. The summed E-state index contributed by atoms with van der Waals surface area (Å²) in [5.41, 5.74) is 0.478. The number of benzene rings is 1. The molecule has 0 saturated heterocycles. The van der Waals surface area contributed by atoms with Crippen LogP contribution in [0.25, 0.3) is 0 Å². The fourth-order valence-corrected chi connectivity index (χ4v) is 2.82. The lowest BCUT2D eigenvalue weighted by Crippen LogP contribution is -2.27. The standard InChI is InChI=1S/C14H23NO4S/c1-4-7-19-14-6-5-13(8-12(14)10-16)20(17,18)15-9-11(2)3/h5-6,8,11,15-16H,4,7,9-10H2,1-3H3. The number of aliphatic hydroxyl groups excluding tert-OH is 1. The topological polar surface area (TPSA) is 75.6 Å². The summed E-state index contributed by atoms with van der Waals surface area (Å²) in [6, 6.07) is 4.53. The predicted molar refractivity (Wildman–Crippen MR) is 78.2 cm³/mol. The first-order valence-electron chi connectivity index (χ1n) is 6.77. The molecule has 0 fully saturated rings. The van der Waals surface area contributed by atoms with E-state index in [0.29, 0.717) is 24.5 Å². The third-order valence-corrected chi connectivity index (χ3v) is 4.08. The normalized spacial score (nSPS) is 11.8. The third-order valence-electron chi connectivity index (χ3n) is 2.66. The second kappa shape index (κ2) is 7.61. The van der Waals surface area contributed by atoms with Crippen LogP contribution in [0.1, 0.15) is 32.8 Å². The number of sulfonamides is 1. The van der Waals surface area contributed by atoms with Crippen LogP contribution < -0.4 is 9.46 Å². The lowest BCUT2D eigenvalue weighted by atomic mass is 10.2. The minimum Gasteiger partial charge on any atom is -0.493 e. The van der Waals surface area contributed by atoms with E-state index in [2.05, 4.69) is 4.72 Å². The van der Waals surface area contributed by atoms with Crippen molar-refractivity contribution in [1.29, 1.82) is 0 Å². The second-order valence-electron chi connectivity index (χ2n) is 5.02. The first-order valence-corrected chi connectivity index (χ1v) is 8.25. The zero-order valence-corrected chi connectivity index (χ0v) is 13.0. The Labute approximate surface area is 121 Å². The van der Waals surface area contributed by atoms with E-state index in [9.17, 15) is 13.5 Å². The summed E-state index contributed by atoms with van der Waals surface area (Å²) in [4.78, 5) is 0.144. The number of ether oxygens (including phenoxy) is 1. The van der Waals surface area contributed by atoms with E-state index < -0.39 is 10.0 Å². The Hall–Kier alpha value is -1.11. The zero-order valence-electron chi connectivity index (χ0n) is 12.2. The van der Waals surface area contributed by atoms with Crippen molar-refractivity contribution in [2.24, 2.45) is 5.92 Å². The molecule has 0 aliphatic rings. The first kappa shape index (κ1) is 16.9. The summed E-state index contributed by atoms with van der Waals surface area (Å²) < 4.78 is 32.2. The minimum absolute atomic E-state index is 0.144. The largest absolute Gasteiger partial charge is 0.493 e. The number of rotatable bonds is 8. The van der Waals surface area contributed by atoms with Gasteiger partial charge in [0.2, 0.25) is 10.0 Å². The molecule has 0 unspecified atom stereocenters. The van der Waals surface area contributed by atoms with Crippen molar-refractivity contribution in [1.82, 2.24) is 4.72 Å². The summed E-state index contributed by atoms with van der Waals surface area (Å²) in [5, 5.41) is 9.33. The molecule has 1 aromatic carbocycles. The van der Waals surface area contributed by atoms with Gasteiger partial charge in [0, 0.05) is 12.1 Å². The van der Waals surface area contributed by atoms with E-state index in [0.717, 1.165) is 6.42 Å². The van der Waals surface area contributed by atoms with Crippen molar-refractivity contribution in [2.75, 3.05) is 13.2 Å². The summed E-state index contributed by atoms with van der Waals surface area (Å²) in [7, 11) is -3.54. The van der Waals surface area contributed by atoms with Gasteiger partial charge in [-0.3, -0.25) is 0 Å². The third kappa shape index (κ3) is 4.77. The number of aliphatic hydroxyl groups is 1. The van der Waals surface area contributed by atoms with Gasteiger partial charge in [-0.2, -0.15) is 0 Å². The zero-order chi connectivity index (χ0) is 15.2. The molecule has 1 aromatic rings. The Kier molecular flexibility index (Phi) is 6.45. The molecule has 2 N–H and O–H groups in total. The quantitative estimate of drug-likeness (QED) is 0.769. The van der Waals surface area contributed by atoms with Crippen molar-refractivity contribution >= 4 is 10.0 Å². The average Bonchev–Trinajstić information content (AvgIpc) is 2.42. The summed E-state index contributed by atoms with van der Waals surface area (Å²) in [6.07, 6.45) is 0.848. The van der Waals surface area contributed by atoms with Crippen molar-refractivity contribution < 1.29 is 18.3 Å². The molecule has 0 heterocycles. The Bertz CT molecular complexity index is 526. The van der Waals surface area contributed by atoms with Crippen LogP contribution in [0.15, 0.2) is 23.1 Å². The molecule has 0 aliphatic heterocycles. The lowest BCUT2D eigenvalue weighted by molar-refractivity contribution is 0.262. The second-order valence-corrected chi connectivity index (χ2v) is 6.79. The highest BCUT2D eigenvalue weighted by atomic mass is 32.2. The Morgan fingerprint density at radius 1 is 1.35 bits per heavy atom. The predicted octanol–water partition coefficient (Wildman–Crippen LogP) is 1.90. The highest BCUT2D eigenvalue weighted by Crippen LogP contribution is 2.23. The molecular weight excluding hydrogens is 278 g/mol. The monoisotopic (exact) mass is 301 g/mol. The molecule has 20 heavy (non-hydrogen) atoms. The average molecular weight is 301 g/mol. The van der Waals surface area contributed by atoms with Gasteiger partial charge in [0.1, 0.15) is 5.75 Å². The fraction of sp³-hybridized carbons (Fsp3) is 0.571. The molecule has 0 radical (unpaired) electrons. The molecule has 0 aromatic heterocycles. The molecule has 1 rings (SSSR count). The molecule has 0 atom stereocenters. The fourth-order valence-electron chi connectivity index (χ4n) is 1.56. The van der Waals surface area contributed by atoms with E-state index in [4.69, 9.17) is 4.74 Å². The van der Waals surface area contributed by atoms with Gasteiger partial charge in [0.05, 0.1) is 18.1 Å². The van der Waals surface area contributed by atoms with Gasteiger partial charge in [0.15, 0.2) is 0 Å². The van der Waals surface area contributed by atoms with Crippen LogP contribution in [-0.4, -0.2) is 26.7 Å². The van der Waals surface area contributed by atoms with Crippen molar-refractivity contribution in [3.63, 3.8) is 0 Å². The van der Waals surface area contributed by atoms with Gasteiger partial charge in [-0.1, -0.05) is 20.8 Å². The van der Waals surface area contributed by atoms with Gasteiger partial charge >= 0.3 is 0 Å². The van der Waals surface area contributed by atoms with Crippen LogP contribution >= 0.6 is 0 Å². The number of hydrogen-bond acceptors (Lipinski definition) is 4. The van der Waals surface area contributed by atoms with Gasteiger partial charge in [0.25, 0.3) is 0 Å². The molecule has 0 spiro atoms.